The lowest BCUT2D eigenvalue weighted by Gasteiger charge is -2.56. The van der Waals surface area contributed by atoms with Crippen LogP contribution in [0, 0.1) is 27.4 Å². The number of sulfonamides is 1. The molecule has 3 aliphatic carbocycles. The number of hydrogen-bond donors (Lipinski definition) is 5. The quantitative estimate of drug-likeness (QED) is 0.0549. The predicted octanol–water partition coefficient (Wildman–Crippen LogP) is 9.55. The Morgan fingerprint density at radius 1 is 0.958 bits per heavy atom. The van der Waals surface area contributed by atoms with Gasteiger partial charge in [-0.1, -0.05) is 38.1 Å². The third-order valence-electron chi connectivity index (χ3n) is 16.6. The van der Waals surface area contributed by atoms with Gasteiger partial charge in [-0.15, -0.1) is 0 Å². The summed E-state index contributed by atoms with van der Waals surface area (Å²) in [5.41, 5.74) is 3.14. The number of hydrogen-bond acceptors (Lipinski definition) is 13. The van der Waals surface area contributed by atoms with Gasteiger partial charge in [0.15, 0.2) is 23.0 Å². The molecule has 11 rings (SSSR count). The molecule has 17 nitrogen and oxygen atoms in total. The number of anilines is 3. The first-order valence-corrected chi connectivity index (χ1v) is 27.2. The summed E-state index contributed by atoms with van der Waals surface area (Å²) in [6.45, 7) is 9.18. The summed E-state index contributed by atoms with van der Waals surface area (Å²) in [6.07, 6.45) is 12.5. The lowest BCUT2D eigenvalue weighted by atomic mass is 9.59. The molecule has 3 saturated carbocycles. The number of rotatable bonds is 13. The second-order valence-electron chi connectivity index (χ2n) is 21.9. The Morgan fingerprint density at radius 2 is 1.72 bits per heavy atom. The molecule has 2 aromatic heterocycles. The van der Waals surface area contributed by atoms with Crippen LogP contribution < -0.4 is 29.7 Å². The van der Waals surface area contributed by atoms with E-state index in [2.05, 4.69) is 73.2 Å². The number of carbonyl (C=O) groups is 2. The van der Waals surface area contributed by atoms with Crippen molar-refractivity contribution in [2.45, 2.75) is 132 Å². The highest BCUT2D eigenvalue weighted by Crippen LogP contribution is 2.55. The number of nitrogens with one attached hydrogen (secondary N) is 4. The average Bonchev–Trinajstić information content (AvgIpc) is 3.93. The maximum Gasteiger partial charge on any atom is 0.297 e. The van der Waals surface area contributed by atoms with Crippen LogP contribution in [0.1, 0.15) is 131 Å². The summed E-state index contributed by atoms with van der Waals surface area (Å²) in [5.74, 6) is -0.499. The minimum Gasteiger partial charge on any atom is -0.489 e. The Morgan fingerprint density at radius 3 is 2.46 bits per heavy atom. The van der Waals surface area contributed by atoms with E-state index in [9.17, 15) is 33.2 Å². The first kappa shape index (κ1) is 48.1. The van der Waals surface area contributed by atoms with E-state index in [0.29, 0.717) is 54.7 Å². The fourth-order valence-electron chi connectivity index (χ4n) is 12.2. The van der Waals surface area contributed by atoms with Gasteiger partial charge in [-0.25, -0.2) is 18.1 Å². The van der Waals surface area contributed by atoms with E-state index >= 15 is 0 Å². The van der Waals surface area contributed by atoms with Gasteiger partial charge < -0.3 is 35.1 Å². The summed E-state index contributed by atoms with van der Waals surface area (Å²) in [6, 6.07) is 20.3. The van der Waals surface area contributed by atoms with Crippen molar-refractivity contribution in [3.63, 3.8) is 0 Å². The number of piperidine rings is 1. The van der Waals surface area contributed by atoms with Crippen LogP contribution >= 0.6 is 0 Å². The highest BCUT2D eigenvalue weighted by atomic mass is 32.2. The Bertz CT molecular complexity index is 3040. The molecule has 0 bridgehead atoms. The van der Waals surface area contributed by atoms with Crippen LogP contribution in [0.4, 0.5) is 22.9 Å². The van der Waals surface area contributed by atoms with Gasteiger partial charge in [0.1, 0.15) is 18.0 Å². The minimum absolute atomic E-state index is 0.0220. The van der Waals surface area contributed by atoms with Gasteiger partial charge >= 0.3 is 0 Å². The van der Waals surface area contributed by atoms with Gasteiger partial charge in [-0.2, -0.15) is 0 Å². The molecule has 2 atom stereocenters. The van der Waals surface area contributed by atoms with E-state index in [-0.39, 0.29) is 70.1 Å². The molecule has 0 radical (unpaired) electrons. The summed E-state index contributed by atoms with van der Waals surface area (Å²) < 4.78 is 43.1. The van der Waals surface area contributed by atoms with E-state index in [1.165, 1.54) is 36.1 Å². The molecule has 5 aromatic rings. The number of nitro benzene ring substituents is 1. The van der Waals surface area contributed by atoms with Crippen LogP contribution in [0.3, 0.4) is 0 Å². The van der Waals surface area contributed by atoms with Gasteiger partial charge in [0.05, 0.1) is 27.0 Å². The molecule has 0 unspecified atom stereocenters. The second kappa shape index (κ2) is 18.7. The van der Waals surface area contributed by atoms with Crippen molar-refractivity contribution in [1.82, 2.24) is 19.6 Å². The SMILES string of the molecule is CC(C)c1ccccc1[C@@H]1CCCN1C1CC2(CCN(c3ccc(C(=O)NS(=O)(=O)c4cc5c(c([N+](=O)[O-])c4)N[C@@H](C4CCC(C)(O)CC4)CO5)c(Oc4cc5cc[nH]c5nc4NC(=O)C4CC4)c3)CC2)C1. The number of benzene rings is 3. The molecular formula is C54H64N8O9S. The topological polar surface area (TPSA) is 221 Å². The fraction of sp³-hybridized carbons (Fsp3) is 0.500. The summed E-state index contributed by atoms with van der Waals surface area (Å²) in [5, 5.41) is 29.8. The standard InChI is InChI=1S/C54H64N8O9S/c1-32(2)39-7-4-5-8-40(39)43-9-6-22-61(43)37-29-54(30-37)19-23-60(24-20-54)36-12-13-41(45(26-36)71-47-25-35-16-21-55-49(35)57-50(47)58-51(63)34-10-11-34)52(64)59-72(68,69)38-27-44(62(66)67)48-46(28-38)70-31-42(56-48)33-14-17-53(3,65)18-15-33/h4-5,7-8,12-13,16,21,25-28,32-34,37,42-43,56,65H,6,9-11,14-15,17-20,22-24,29-31H2,1-3H3,(H,59,64)(H2,55,57,58,63)/t33?,42-,43+,53?/m1/s1. The Kier molecular flexibility index (Phi) is 12.5. The highest BCUT2D eigenvalue weighted by Gasteiger charge is 2.50. The zero-order valence-corrected chi connectivity index (χ0v) is 41.9. The maximum atomic E-state index is 14.4. The third-order valence-corrected chi connectivity index (χ3v) is 17.9. The van der Waals surface area contributed by atoms with Crippen LogP contribution in [0.15, 0.2) is 77.8 Å². The van der Waals surface area contributed by atoms with Gasteiger partial charge in [0.2, 0.25) is 5.91 Å². The molecule has 5 N–H and O–H groups in total. The van der Waals surface area contributed by atoms with Crippen molar-refractivity contribution >= 4 is 55.8 Å². The van der Waals surface area contributed by atoms with E-state index in [1.807, 2.05) is 0 Å². The zero-order chi connectivity index (χ0) is 50.1. The maximum absolute atomic E-state index is 14.4. The molecule has 5 heterocycles. The third kappa shape index (κ3) is 9.48. The Balaban J connectivity index is 0.843. The molecule has 3 aromatic carbocycles. The number of aromatic nitrogens is 2. The summed E-state index contributed by atoms with van der Waals surface area (Å²) in [7, 11) is -4.74. The molecule has 2 saturated heterocycles. The fourth-order valence-corrected chi connectivity index (χ4v) is 13.2. The number of pyridine rings is 1. The van der Waals surface area contributed by atoms with Crippen molar-refractivity contribution in [3.8, 4) is 17.2 Å². The minimum atomic E-state index is -4.74. The number of aromatic amines is 1. The van der Waals surface area contributed by atoms with Crippen molar-refractivity contribution in [2.75, 3.05) is 41.8 Å². The molecule has 3 aliphatic heterocycles. The number of fused-ring (bicyclic) bond motifs is 2. The number of nitro groups is 1. The van der Waals surface area contributed by atoms with Crippen molar-refractivity contribution in [1.29, 1.82) is 0 Å². The normalized spacial score (nSPS) is 24.3. The lowest BCUT2D eigenvalue weighted by molar-refractivity contribution is -0.384. The largest absolute Gasteiger partial charge is 0.489 e. The summed E-state index contributed by atoms with van der Waals surface area (Å²) >= 11 is 0. The Hall–Kier alpha value is -6.24. The smallest absolute Gasteiger partial charge is 0.297 e. The number of H-pyrrole nitrogens is 1. The monoisotopic (exact) mass is 1000 g/mol. The first-order valence-electron chi connectivity index (χ1n) is 25.7. The number of likely N-dealkylation sites (tertiary alicyclic amines) is 1. The molecule has 6 aliphatic rings. The number of ether oxygens (including phenoxy) is 2. The second-order valence-corrected chi connectivity index (χ2v) is 23.6. The van der Waals surface area contributed by atoms with Crippen molar-refractivity contribution in [3.05, 3.63) is 99.7 Å². The van der Waals surface area contributed by atoms with Crippen LogP contribution in [0.2, 0.25) is 0 Å². The molecule has 1 spiro atoms. The van der Waals surface area contributed by atoms with Gasteiger partial charge in [0.25, 0.3) is 21.6 Å². The van der Waals surface area contributed by atoms with Crippen LogP contribution in [-0.4, -0.2) is 89.1 Å². The van der Waals surface area contributed by atoms with Crippen LogP contribution in [-0.2, 0) is 14.8 Å². The molecule has 380 valence electrons. The molecular weight excluding hydrogens is 937 g/mol. The molecule has 2 amide bonds. The van der Waals surface area contributed by atoms with E-state index in [4.69, 9.17) is 9.47 Å². The summed E-state index contributed by atoms with van der Waals surface area (Å²) in [4.78, 5) is 51.6. The van der Waals surface area contributed by atoms with E-state index in [0.717, 1.165) is 69.9 Å². The Labute approximate surface area is 419 Å². The first-order chi connectivity index (χ1) is 34.5. The van der Waals surface area contributed by atoms with E-state index < -0.39 is 37.0 Å². The predicted molar refractivity (Wildman–Crippen MR) is 273 cm³/mol. The number of carbonyl (C=O) groups excluding carboxylic acids is 2. The van der Waals surface area contributed by atoms with Crippen molar-refractivity contribution < 1.29 is 37.5 Å². The average molecular weight is 1000 g/mol. The van der Waals surface area contributed by atoms with E-state index in [1.54, 1.807) is 37.4 Å². The van der Waals surface area contributed by atoms with Gasteiger partial charge in [-0.3, -0.25) is 24.6 Å². The lowest BCUT2D eigenvalue weighted by Crippen LogP contribution is -2.54. The van der Waals surface area contributed by atoms with Crippen LogP contribution in [0.25, 0.3) is 11.0 Å². The molecule has 72 heavy (non-hydrogen) atoms. The van der Waals surface area contributed by atoms with Crippen LogP contribution in [0.5, 0.6) is 17.2 Å². The van der Waals surface area contributed by atoms with Gasteiger partial charge in [0, 0.05) is 66.6 Å². The number of amides is 2. The van der Waals surface area contributed by atoms with Gasteiger partial charge in [-0.05, 0) is 143 Å². The zero-order valence-electron chi connectivity index (χ0n) is 41.1. The highest BCUT2D eigenvalue weighted by molar-refractivity contribution is 7.90. The molecule has 18 heteroatoms. The number of aliphatic hydroxyl groups is 1. The molecule has 5 fully saturated rings. The van der Waals surface area contributed by atoms with Crippen molar-refractivity contribution in [2.24, 2.45) is 17.3 Å². The number of nitrogens with zero attached hydrogens (tertiary/aromatic N) is 4.